The van der Waals surface area contributed by atoms with Gasteiger partial charge in [0.1, 0.15) is 5.78 Å². The van der Waals surface area contributed by atoms with E-state index in [1.807, 2.05) is 0 Å². The van der Waals surface area contributed by atoms with Crippen molar-refractivity contribution in [3.05, 3.63) is 0 Å². The largest absolute Gasteiger partial charge is 0.472 e. The molecule has 0 aromatic carbocycles. The van der Waals surface area contributed by atoms with Crippen LogP contribution in [-0.2, 0) is 18.4 Å². The van der Waals surface area contributed by atoms with Crippen LogP contribution < -0.4 is 0 Å². The highest BCUT2D eigenvalue weighted by Crippen LogP contribution is 2.44. The van der Waals surface area contributed by atoms with E-state index in [2.05, 4.69) is 28.1 Å². The molecule has 1 N–H and O–H groups in total. The van der Waals surface area contributed by atoms with Crippen LogP contribution in [-0.4, -0.2) is 56.1 Å². The average molecular weight is 521 g/mol. The van der Waals surface area contributed by atoms with Gasteiger partial charge >= 0.3 is 7.82 Å². The van der Waals surface area contributed by atoms with Crippen molar-refractivity contribution in [3.8, 4) is 0 Å². The molecule has 0 aliphatic rings. The Hall–Kier alpha value is -0.260. The normalized spacial score (nSPS) is 14.7. The zero-order valence-corrected chi connectivity index (χ0v) is 24.8. The Labute approximate surface area is 217 Å². The van der Waals surface area contributed by atoms with Gasteiger partial charge in [-0.25, -0.2) is 4.57 Å². The lowest BCUT2D eigenvalue weighted by molar-refractivity contribution is -0.870. The summed E-state index contributed by atoms with van der Waals surface area (Å²) < 4.78 is 23.3. The third kappa shape index (κ3) is 26.6. The molecule has 210 valence electrons. The highest BCUT2D eigenvalue weighted by Gasteiger charge is 2.24. The van der Waals surface area contributed by atoms with Crippen LogP contribution in [0.4, 0.5) is 0 Å². The summed E-state index contributed by atoms with van der Waals surface area (Å²) in [5, 5.41) is 0. The van der Waals surface area contributed by atoms with Crippen LogP contribution in [0.5, 0.6) is 0 Å². The topological polar surface area (TPSA) is 72.8 Å². The number of ketones is 1. The van der Waals surface area contributed by atoms with E-state index >= 15 is 0 Å². The van der Waals surface area contributed by atoms with Crippen LogP contribution in [0.2, 0.25) is 0 Å². The number of nitrogens with zero attached hydrogens (tertiary/aromatic N) is 1. The summed E-state index contributed by atoms with van der Waals surface area (Å²) in [6.45, 7) is 4.98. The lowest BCUT2D eigenvalue weighted by Crippen LogP contribution is -2.35. The smallest absolute Gasteiger partial charge is 0.331 e. The summed E-state index contributed by atoms with van der Waals surface area (Å²) in [6, 6.07) is 0. The van der Waals surface area contributed by atoms with Crippen LogP contribution in [0, 0.1) is 5.92 Å². The molecule has 0 heterocycles. The Kier molecular flexibility index (Phi) is 21.6. The van der Waals surface area contributed by atoms with Crippen LogP contribution in [0.15, 0.2) is 0 Å². The Morgan fingerprint density at radius 3 is 1.66 bits per heavy atom. The van der Waals surface area contributed by atoms with E-state index in [0.29, 0.717) is 12.8 Å². The summed E-state index contributed by atoms with van der Waals surface area (Å²) in [5.74, 6) is 0.0704. The number of carbonyl (C=O) groups is 1. The van der Waals surface area contributed by atoms with Crippen LogP contribution in [0.3, 0.4) is 0 Å². The molecule has 2 unspecified atom stereocenters. The molecule has 0 aromatic heterocycles. The molecule has 0 radical (unpaired) electrons. The molecule has 7 heteroatoms. The fraction of sp³-hybridized carbons (Fsp3) is 0.964. The highest BCUT2D eigenvalue weighted by atomic mass is 31.2. The summed E-state index contributed by atoms with van der Waals surface area (Å²) in [5.41, 5.74) is 0. The first-order valence-electron chi connectivity index (χ1n) is 14.5. The maximum atomic E-state index is 12.2. The second-order valence-electron chi connectivity index (χ2n) is 11.5. The monoisotopic (exact) mass is 520 g/mol. The van der Waals surface area contributed by atoms with Gasteiger partial charge in [0.05, 0.1) is 40.9 Å². The minimum atomic E-state index is -4.06. The zero-order valence-electron chi connectivity index (χ0n) is 23.9. The predicted octanol–water partition coefficient (Wildman–Crippen LogP) is 8.07. The van der Waals surface area contributed by atoms with E-state index < -0.39 is 7.82 Å². The van der Waals surface area contributed by atoms with Crippen molar-refractivity contribution in [2.24, 2.45) is 5.92 Å². The van der Waals surface area contributed by atoms with E-state index in [1.165, 1.54) is 83.5 Å². The number of Topliss-reactive ketones (excluding diaryl/α,β-unsaturated/α-hetero) is 1. The van der Waals surface area contributed by atoms with Gasteiger partial charge in [0.2, 0.25) is 0 Å². The average Bonchev–Trinajstić information content (AvgIpc) is 2.76. The molecule has 0 saturated carbocycles. The summed E-state index contributed by atoms with van der Waals surface area (Å²) in [7, 11) is 2.14. The molecule has 0 aliphatic carbocycles. The second-order valence-corrected chi connectivity index (χ2v) is 12.9. The van der Waals surface area contributed by atoms with Crippen LogP contribution in [0.25, 0.3) is 0 Å². The van der Waals surface area contributed by atoms with E-state index in [-0.39, 0.29) is 24.9 Å². The third-order valence-electron chi connectivity index (χ3n) is 6.49. The van der Waals surface area contributed by atoms with Gasteiger partial charge in [-0.1, -0.05) is 103 Å². The van der Waals surface area contributed by atoms with Crippen molar-refractivity contribution in [3.63, 3.8) is 0 Å². The van der Waals surface area contributed by atoms with Crippen molar-refractivity contribution >= 4 is 13.6 Å². The summed E-state index contributed by atoms with van der Waals surface area (Å²) in [6.07, 6.45) is 21.8. The number of carbonyl (C=O) groups excluding carboxylic acids is 1. The summed E-state index contributed by atoms with van der Waals surface area (Å²) >= 11 is 0. The van der Waals surface area contributed by atoms with Gasteiger partial charge < -0.3 is 14.2 Å². The molecule has 35 heavy (non-hydrogen) atoms. The number of phosphoric ester groups is 1. The standard InChI is InChI=1S/C28H58NO5P/c1-6-7-8-9-10-11-12-13-14-15-16-17-18-19-20-22-28(25-27(2)30)26-34-35(31,32)33-24-21-23-29(3,4)5/h28H,6-26H2,1-5H3/p+1. The minimum Gasteiger partial charge on any atom is -0.331 e. The van der Waals surface area contributed by atoms with Gasteiger partial charge in [-0.15, -0.1) is 0 Å². The number of phosphoric acid groups is 1. The number of quaternary nitrogens is 1. The third-order valence-corrected chi connectivity index (χ3v) is 7.48. The van der Waals surface area contributed by atoms with E-state index in [1.54, 1.807) is 6.92 Å². The van der Waals surface area contributed by atoms with Crippen LogP contribution in [0.1, 0.15) is 129 Å². The number of rotatable bonds is 26. The predicted molar refractivity (Wildman–Crippen MR) is 148 cm³/mol. The van der Waals surface area contributed by atoms with Crippen molar-refractivity contribution in [2.75, 3.05) is 40.9 Å². The maximum Gasteiger partial charge on any atom is 0.472 e. The molecule has 0 aliphatic heterocycles. The number of unbranched alkanes of at least 4 members (excludes halogenated alkanes) is 14. The highest BCUT2D eigenvalue weighted by molar-refractivity contribution is 7.47. The minimum absolute atomic E-state index is 0.0233. The molecule has 0 fully saturated rings. The first kappa shape index (κ1) is 34.7. The van der Waals surface area contributed by atoms with Gasteiger partial charge in [0.25, 0.3) is 0 Å². The van der Waals surface area contributed by atoms with E-state index in [9.17, 15) is 14.3 Å². The number of hydrogen-bond acceptors (Lipinski definition) is 4. The second kappa shape index (κ2) is 21.8. The molecular formula is C28H59NO5P+. The molecule has 0 amide bonds. The van der Waals surface area contributed by atoms with Gasteiger partial charge in [0, 0.05) is 12.8 Å². The van der Waals surface area contributed by atoms with E-state index in [4.69, 9.17) is 9.05 Å². The first-order chi connectivity index (χ1) is 16.6. The van der Waals surface area contributed by atoms with Gasteiger partial charge in [-0.3, -0.25) is 9.05 Å². The molecule has 0 saturated heterocycles. The molecule has 0 rings (SSSR count). The summed E-state index contributed by atoms with van der Waals surface area (Å²) in [4.78, 5) is 21.6. The van der Waals surface area contributed by atoms with Crippen LogP contribution >= 0.6 is 7.82 Å². The molecule has 6 nitrogen and oxygen atoms in total. The van der Waals surface area contributed by atoms with E-state index in [0.717, 1.165) is 30.3 Å². The van der Waals surface area contributed by atoms with Crippen molar-refractivity contribution in [1.29, 1.82) is 0 Å². The molecule has 0 bridgehead atoms. The first-order valence-corrected chi connectivity index (χ1v) is 16.0. The fourth-order valence-corrected chi connectivity index (χ4v) is 5.24. The zero-order chi connectivity index (χ0) is 26.4. The Balaban J connectivity index is 3.82. The van der Waals surface area contributed by atoms with Crippen molar-refractivity contribution in [2.45, 2.75) is 129 Å². The van der Waals surface area contributed by atoms with Gasteiger partial charge in [-0.05, 0) is 19.3 Å². The molecular weight excluding hydrogens is 461 g/mol. The lowest BCUT2D eigenvalue weighted by Gasteiger charge is -2.24. The molecule has 0 spiro atoms. The van der Waals surface area contributed by atoms with Gasteiger partial charge in [-0.2, -0.15) is 0 Å². The van der Waals surface area contributed by atoms with Gasteiger partial charge in [0.15, 0.2) is 0 Å². The Morgan fingerprint density at radius 1 is 0.771 bits per heavy atom. The number of hydrogen-bond donors (Lipinski definition) is 1. The molecule has 2 atom stereocenters. The SMILES string of the molecule is CCCCCCCCCCCCCCCCCC(COP(=O)(O)OCCC[N+](C)(C)C)CC(C)=O. The molecule has 0 aromatic rings. The van der Waals surface area contributed by atoms with Crippen molar-refractivity contribution < 1.29 is 27.8 Å². The fourth-order valence-electron chi connectivity index (χ4n) is 4.41. The quantitative estimate of drug-likeness (QED) is 0.0709. The van der Waals surface area contributed by atoms with Crippen molar-refractivity contribution in [1.82, 2.24) is 0 Å². The Bertz CT molecular complexity index is 550. The maximum absolute atomic E-state index is 12.2. The lowest BCUT2D eigenvalue weighted by atomic mass is 9.96. The Morgan fingerprint density at radius 2 is 1.23 bits per heavy atom.